The number of hydrogen-bond acceptors (Lipinski definition) is 2. The van der Waals surface area contributed by atoms with Crippen LogP contribution in [0.3, 0.4) is 0 Å². The minimum Gasteiger partial charge on any atom is -0.478 e. The number of carbonyl (C=O) groups is 2. The summed E-state index contributed by atoms with van der Waals surface area (Å²) in [6.45, 7) is 2.79. The zero-order valence-corrected chi connectivity index (χ0v) is 12.4. The van der Waals surface area contributed by atoms with Gasteiger partial charge in [0.15, 0.2) is 0 Å². The van der Waals surface area contributed by atoms with Crippen molar-refractivity contribution in [2.24, 2.45) is 0 Å². The molecule has 1 aliphatic heterocycles. The van der Waals surface area contributed by atoms with E-state index in [1.54, 1.807) is 12.1 Å². The van der Waals surface area contributed by atoms with Gasteiger partial charge in [-0.15, -0.1) is 0 Å². The molecule has 2 aromatic rings. The third kappa shape index (κ3) is 2.60. The Labute approximate surface area is 129 Å². The predicted molar refractivity (Wildman–Crippen MR) is 85.2 cm³/mol. The highest BCUT2D eigenvalue weighted by molar-refractivity contribution is 5.95. The topological polar surface area (TPSA) is 57.6 Å². The molecule has 0 aromatic heterocycles. The normalized spacial score (nSPS) is 14.4. The molecule has 1 fully saturated rings. The van der Waals surface area contributed by atoms with Crippen molar-refractivity contribution in [1.82, 2.24) is 0 Å². The fraction of sp³-hybridized carbons (Fsp3) is 0.222. The van der Waals surface area contributed by atoms with Gasteiger partial charge in [-0.25, -0.2) is 4.79 Å². The smallest absolute Gasteiger partial charge is 0.335 e. The van der Waals surface area contributed by atoms with Crippen molar-refractivity contribution in [3.05, 3.63) is 53.6 Å². The predicted octanol–water partition coefficient (Wildman–Crippen LogP) is 3.49. The molecule has 1 N–H and O–H groups in total. The average molecular weight is 295 g/mol. The minimum absolute atomic E-state index is 0.179. The molecule has 2 aromatic carbocycles. The number of anilines is 1. The highest BCUT2D eigenvalue weighted by Crippen LogP contribution is 2.29. The Kier molecular flexibility index (Phi) is 3.67. The van der Waals surface area contributed by atoms with Gasteiger partial charge in [0.2, 0.25) is 5.91 Å². The maximum atomic E-state index is 11.8. The van der Waals surface area contributed by atoms with E-state index in [1.807, 2.05) is 42.2 Å². The molecule has 0 aliphatic carbocycles. The van der Waals surface area contributed by atoms with Crippen molar-refractivity contribution in [3.8, 4) is 11.1 Å². The first-order chi connectivity index (χ1) is 10.6. The van der Waals surface area contributed by atoms with E-state index in [-0.39, 0.29) is 11.5 Å². The number of aromatic carboxylic acids is 1. The Morgan fingerprint density at radius 3 is 2.41 bits per heavy atom. The first-order valence-corrected chi connectivity index (χ1v) is 7.31. The van der Waals surface area contributed by atoms with Crippen LogP contribution in [0.1, 0.15) is 28.8 Å². The molecule has 0 unspecified atom stereocenters. The van der Waals surface area contributed by atoms with Gasteiger partial charge in [0.1, 0.15) is 0 Å². The standard InChI is InChI=1S/C18H17NO3/c1-12-11-15(19-10-2-3-17(19)20)8-9-16(12)13-4-6-14(7-5-13)18(21)22/h4-9,11H,2-3,10H2,1H3,(H,21,22). The Bertz CT molecular complexity index is 734. The highest BCUT2D eigenvalue weighted by Gasteiger charge is 2.22. The lowest BCUT2D eigenvalue weighted by atomic mass is 9.99. The molecule has 1 amide bonds. The van der Waals surface area contributed by atoms with E-state index >= 15 is 0 Å². The van der Waals surface area contributed by atoms with E-state index in [1.165, 1.54) is 0 Å². The number of carboxylic acid groups (broad SMARTS) is 1. The van der Waals surface area contributed by atoms with E-state index in [0.29, 0.717) is 6.42 Å². The zero-order valence-electron chi connectivity index (χ0n) is 12.4. The summed E-state index contributed by atoms with van der Waals surface area (Å²) in [5.41, 5.74) is 4.31. The van der Waals surface area contributed by atoms with E-state index in [2.05, 4.69) is 0 Å². The van der Waals surface area contributed by atoms with Gasteiger partial charge in [0.25, 0.3) is 0 Å². The molecule has 0 radical (unpaired) electrons. The number of aryl methyl sites for hydroxylation is 1. The maximum Gasteiger partial charge on any atom is 0.335 e. The summed E-state index contributed by atoms with van der Waals surface area (Å²) in [5, 5.41) is 8.95. The first-order valence-electron chi connectivity index (χ1n) is 7.31. The summed E-state index contributed by atoms with van der Waals surface area (Å²) in [7, 11) is 0. The van der Waals surface area contributed by atoms with Crippen molar-refractivity contribution in [3.63, 3.8) is 0 Å². The van der Waals surface area contributed by atoms with Crippen LogP contribution in [0.4, 0.5) is 5.69 Å². The summed E-state index contributed by atoms with van der Waals surface area (Å²) < 4.78 is 0. The van der Waals surface area contributed by atoms with Gasteiger partial charge in [-0.05, 0) is 54.3 Å². The number of carbonyl (C=O) groups excluding carboxylic acids is 1. The molecule has 4 nitrogen and oxygen atoms in total. The minimum atomic E-state index is -0.925. The molecule has 0 bridgehead atoms. The molecule has 1 saturated heterocycles. The van der Waals surface area contributed by atoms with Gasteiger partial charge >= 0.3 is 5.97 Å². The zero-order chi connectivity index (χ0) is 15.7. The van der Waals surface area contributed by atoms with E-state index in [4.69, 9.17) is 5.11 Å². The van der Waals surface area contributed by atoms with Gasteiger partial charge in [0.05, 0.1) is 5.56 Å². The second-order valence-electron chi connectivity index (χ2n) is 5.53. The Morgan fingerprint density at radius 2 is 1.86 bits per heavy atom. The maximum absolute atomic E-state index is 11.8. The van der Waals surface area contributed by atoms with Crippen molar-refractivity contribution in [2.75, 3.05) is 11.4 Å². The number of carboxylic acids is 1. The van der Waals surface area contributed by atoms with Gasteiger partial charge in [-0.2, -0.15) is 0 Å². The molecular weight excluding hydrogens is 278 g/mol. The average Bonchev–Trinajstić information content (AvgIpc) is 2.93. The molecule has 1 heterocycles. The first kappa shape index (κ1) is 14.3. The molecule has 22 heavy (non-hydrogen) atoms. The van der Waals surface area contributed by atoms with Crippen LogP contribution in [0, 0.1) is 6.92 Å². The molecule has 0 saturated carbocycles. The number of amides is 1. The van der Waals surface area contributed by atoms with Gasteiger partial charge in [0, 0.05) is 18.7 Å². The molecule has 112 valence electrons. The van der Waals surface area contributed by atoms with Crippen molar-refractivity contribution >= 4 is 17.6 Å². The van der Waals surface area contributed by atoms with Crippen LogP contribution < -0.4 is 4.90 Å². The van der Waals surface area contributed by atoms with Crippen LogP contribution in [-0.2, 0) is 4.79 Å². The number of hydrogen-bond donors (Lipinski definition) is 1. The third-order valence-corrected chi connectivity index (χ3v) is 4.04. The quantitative estimate of drug-likeness (QED) is 0.943. The molecule has 4 heteroatoms. The van der Waals surface area contributed by atoms with Gasteiger partial charge in [-0.1, -0.05) is 18.2 Å². The highest BCUT2D eigenvalue weighted by atomic mass is 16.4. The molecule has 1 aliphatic rings. The lowest BCUT2D eigenvalue weighted by molar-refractivity contribution is -0.117. The lowest BCUT2D eigenvalue weighted by Gasteiger charge is -2.17. The molecule has 0 atom stereocenters. The SMILES string of the molecule is Cc1cc(N2CCCC2=O)ccc1-c1ccc(C(=O)O)cc1. The third-order valence-electron chi connectivity index (χ3n) is 4.04. The number of benzene rings is 2. The van der Waals surface area contributed by atoms with E-state index < -0.39 is 5.97 Å². The van der Waals surface area contributed by atoms with E-state index in [9.17, 15) is 9.59 Å². The lowest BCUT2D eigenvalue weighted by Crippen LogP contribution is -2.23. The summed E-state index contributed by atoms with van der Waals surface area (Å²) in [5.74, 6) is -0.746. The molecule has 3 rings (SSSR count). The molecular formula is C18H17NO3. The molecule has 0 spiro atoms. The van der Waals surface area contributed by atoms with Gasteiger partial charge in [-0.3, -0.25) is 4.79 Å². The van der Waals surface area contributed by atoms with Crippen LogP contribution >= 0.6 is 0 Å². The van der Waals surface area contributed by atoms with Gasteiger partial charge < -0.3 is 10.0 Å². The summed E-state index contributed by atoms with van der Waals surface area (Å²) in [4.78, 5) is 24.5. The van der Waals surface area contributed by atoms with Crippen LogP contribution in [-0.4, -0.2) is 23.5 Å². The largest absolute Gasteiger partial charge is 0.478 e. The van der Waals surface area contributed by atoms with Crippen molar-refractivity contribution in [1.29, 1.82) is 0 Å². The summed E-state index contributed by atoms with van der Waals surface area (Å²) in [6, 6.07) is 12.8. The summed E-state index contributed by atoms with van der Waals surface area (Å²) in [6.07, 6.45) is 1.54. The Balaban J connectivity index is 1.92. The second kappa shape index (κ2) is 5.64. The summed E-state index contributed by atoms with van der Waals surface area (Å²) >= 11 is 0. The monoisotopic (exact) mass is 295 g/mol. The fourth-order valence-electron chi connectivity index (χ4n) is 2.85. The van der Waals surface area contributed by atoms with Crippen LogP contribution in [0.5, 0.6) is 0 Å². The van der Waals surface area contributed by atoms with Crippen LogP contribution in [0.15, 0.2) is 42.5 Å². The Hall–Kier alpha value is -2.62. The van der Waals surface area contributed by atoms with Crippen molar-refractivity contribution < 1.29 is 14.7 Å². The van der Waals surface area contributed by atoms with Crippen LogP contribution in [0.25, 0.3) is 11.1 Å². The van der Waals surface area contributed by atoms with E-state index in [0.717, 1.165) is 35.3 Å². The fourth-order valence-corrected chi connectivity index (χ4v) is 2.85. The number of rotatable bonds is 3. The second-order valence-corrected chi connectivity index (χ2v) is 5.53. The number of nitrogens with zero attached hydrogens (tertiary/aromatic N) is 1. The van der Waals surface area contributed by atoms with Crippen LogP contribution in [0.2, 0.25) is 0 Å². The Morgan fingerprint density at radius 1 is 1.14 bits per heavy atom. The van der Waals surface area contributed by atoms with Crippen molar-refractivity contribution in [2.45, 2.75) is 19.8 Å².